The van der Waals surface area contributed by atoms with Gasteiger partial charge in [0.15, 0.2) is 5.69 Å². The summed E-state index contributed by atoms with van der Waals surface area (Å²) in [7, 11) is 0. The van der Waals surface area contributed by atoms with E-state index >= 15 is 0 Å². The minimum Gasteiger partial charge on any atom is -0.478 e. The summed E-state index contributed by atoms with van der Waals surface area (Å²) in [5.74, 6) is -1.64. The van der Waals surface area contributed by atoms with Gasteiger partial charge in [-0.1, -0.05) is 24.3 Å². The molecule has 0 atom stereocenters. The molecule has 4 rings (SSSR count). The number of nitro groups is 1. The van der Waals surface area contributed by atoms with Crippen LogP contribution in [-0.2, 0) is 0 Å². The predicted octanol–water partition coefficient (Wildman–Crippen LogP) is 3.49. The largest absolute Gasteiger partial charge is 0.478 e. The van der Waals surface area contributed by atoms with Crippen molar-refractivity contribution in [3.63, 3.8) is 0 Å². The molecule has 4 aromatic rings. The highest BCUT2D eigenvalue weighted by atomic mass is 19.1. The highest BCUT2D eigenvalue weighted by Gasteiger charge is 2.24. The minimum atomic E-state index is -1.27. The van der Waals surface area contributed by atoms with Crippen molar-refractivity contribution in [3.05, 3.63) is 110 Å². The van der Waals surface area contributed by atoms with Gasteiger partial charge in [0, 0.05) is 0 Å². The number of carboxylic acids is 1. The monoisotopic (exact) mass is 446 g/mol. The zero-order chi connectivity index (χ0) is 23.7. The quantitative estimate of drug-likeness (QED) is 0.313. The number of carboxylic acid groups (broad SMARTS) is 1. The highest BCUT2D eigenvalue weighted by Crippen LogP contribution is 2.25. The van der Waals surface area contributed by atoms with Crippen LogP contribution in [0.15, 0.2) is 71.5 Å². The molecular weight excluding hydrogens is 431 g/mol. The fourth-order valence-corrected chi connectivity index (χ4v) is 3.36. The Labute approximate surface area is 184 Å². The molecule has 0 unspecified atom stereocenters. The maximum Gasteiger partial charge on any atom is 0.335 e. The lowest BCUT2D eigenvalue weighted by Gasteiger charge is -2.08. The molecular formula is C23H15FN4O5. The van der Waals surface area contributed by atoms with Crippen LogP contribution in [0.5, 0.6) is 0 Å². The molecule has 0 amide bonds. The van der Waals surface area contributed by atoms with Gasteiger partial charge in [0.25, 0.3) is 5.56 Å². The summed E-state index contributed by atoms with van der Waals surface area (Å²) in [4.78, 5) is 41.7. The third-order valence-electron chi connectivity index (χ3n) is 4.95. The lowest BCUT2D eigenvalue weighted by Crippen LogP contribution is -2.20. The standard InChI is InChI=1S/C23H15FN4O5/c24-16-7-4-12(5-8-16)13-6-9-17-18(11-13)27-22(29)20(26-17)19(25)21(28(32)33)14-2-1-3-15(10-14)23(30)31/h1-11H,25H2,(H,27,29)(H,30,31)/b21-19+. The highest BCUT2D eigenvalue weighted by molar-refractivity contribution is 5.91. The Morgan fingerprint density at radius 3 is 2.36 bits per heavy atom. The molecule has 33 heavy (non-hydrogen) atoms. The molecule has 0 saturated heterocycles. The second kappa shape index (κ2) is 8.35. The first kappa shape index (κ1) is 21.4. The van der Waals surface area contributed by atoms with Crippen LogP contribution in [0.25, 0.3) is 33.6 Å². The summed E-state index contributed by atoms with van der Waals surface area (Å²) in [5.41, 5.74) is 5.57. The van der Waals surface area contributed by atoms with Crippen LogP contribution >= 0.6 is 0 Å². The average molecular weight is 446 g/mol. The van der Waals surface area contributed by atoms with E-state index in [1.807, 2.05) is 0 Å². The van der Waals surface area contributed by atoms with E-state index in [1.165, 1.54) is 30.3 Å². The van der Waals surface area contributed by atoms with Crippen LogP contribution < -0.4 is 11.3 Å². The molecule has 0 radical (unpaired) electrons. The lowest BCUT2D eigenvalue weighted by atomic mass is 10.0. The summed E-state index contributed by atoms with van der Waals surface area (Å²) in [6.07, 6.45) is 0. The summed E-state index contributed by atoms with van der Waals surface area (Å²) in [6.45, 7) is 0. The van der Waals surface area contributed by atoms with E-state index in [2.05, 4.69) is 9.97 Å². The molecule has 0 aliphatic rings. The molecule has 0 aliphatic heterocycles. The number of fused-ring (bicyclic) bond motifs is 1. The first-order chi connectivity index (χ1) is 15.7. The van der Waals surface area contributed by atoms with E-state index in [0.29, 0.717) is 16.6 Å². The number of nitrogens with two attached hydrogens (primary N) is 1. The van der Waals surface area contributed by atoms with Gasteiger partial charge in [0.1, 0.15) is 11.5 Å². The number of rotatable bonds is 5. The number of H-pyrrole nitrogens is 1. The van der Waals surface area contributed by atoms with Crippen molar-refractivity contribution in [2.24, 2.45) is 5.73 Å². The molecule has 0 aliphatic carbocycles. The Hall–Kier alpha value is -4.86. The van der Waals surface area contributed by atoms with Crippen LogP contribution in [0.3, 0.4) is 0 Å². The van der Waals surface area contributed by atoms with Gasteiger partial charge < -0.3 is 15.8 Å². The van der Waals surface area contributed by atoms with Crippen LogP contribution in [-0.4, -0.2) is 26.0 Å². The Bertz CT molecular complexity index is 1510. The second-order valence-electron chi connectivity index (χ2n) is 7.06. The van der Waals surface area contributed by atoms with E-state index in [4.69, 9.17) is 10.8 Å². The molecule has 1 heterocycles. The van der Waals surface area contributed by atoms with Gasteiger partial charge in [-0.15, -0.1) is 0 Å². The Morgan fingerprint density at radius 2 is 1.70 bits per heavy atom. The predicted molar refractivity (Wildman–Crippen MR) is 119 cm³/mol. The van der Waals surface area contributed by atoms with Crippen LogP contribution in [0.1, 0.15) is 21.6 Å². The van der Waals surface area contributed by atoms with Gasteiger partial charge in [0.05, 0.1) is 27.1 Å². The van der Waals surface area contributed by atoms with Crippen molar-refractivity contribution >= 4 is 28.4 Å². The van der Waals surface area contributed by atoms with E-state index in [0.717, 1.165) is 11.6 Å². The molecule has 0 spiro atoms. The fourth-order valence-electron chi connectivity index (χ4n) is 3.36. The minimum absolute atomic E-state index is 0.0784. The number of hydrogen-bond acceptors (Lipinski definition) is 6. The normalized spacial score (nSPS) is 11.8. The first-order valence-corrected chi connectivity index (χ1v) is 9.53. The van der Waals surface area contributed by atoms with Crippen LogP contribution in [0.2, 0.25) is 0 Å². The second-order valence-corrected chi connectivity index (χ2v) is 7.06. The van der Waals surface area contributed by atoms with Crippen LogP contribution in [0.4, 0.5) is 4.39 Å². The maximum atomic E-state index is 13.2. The number of nitrogens with zero attached hydrogens (tertiary/aromatic N) is 2. The Morgan fingerprint density at radius 1 is 1.03 bits per heavy atom. The number of aromatic amines is 1. The molecule has 164 valence electrons. The molecule has 1 aromatic heterocycles. The molecule has 0 fully saturated rings. The van der Waals surface area contributed by atoms with Crippen molar-refractivity contribution in [2.45, 2.75) is 0 Å². The molecule has 4 N–H and O–H groups in total. The number of carbonyl (C=O) groups is 1. The van der Waals surface area contributed by atoms with E-state index in [-0.39, 0.29) is 22.6 Å². The lowest BCUT2D eigenvalue weighted by molar-refractivity contribution is -0.374. The van der Waals surface area contributed by atoms with E-state index in [9.17, 15) is 24.1 Å². The Kier molecular flexibility index (Phi) is 5.41. The zero-order valence-electron chi connectivity index (χ0n) is 16.8. The molecule has 10 heteroatoms. The summed E-state index contributed by atoms with van der Waals surface area (Å²) in [6, 6.07) is 15.8. The smallest absolute Gasteiger partial charge is 0.335 e. The van der Waals surface area contributed by atoms with Gasteiger partial charge in [-0.3, -0.25) is 14.9 Å². The van der Waals surface area contributed by atoms with Gasteiger partial charge in [-0.05, 0) is 53.6 Å². The fraction of sp³-hybridized carbons (Fsp3) is 0. The van der Waals surface area contributed by atoms with E-state index in [1.54, 1.807) is 30.3 Å². The zero-order valence-corrected chi connectivity index (χ0v) is 16.8. The van der Waals surface area contributed by atoms with Crippen molar-refractivity contribution in [2.75, 3.05) is 0 Å². The molecule has 0 saturated carbocycles. The van der Waals surface area contributed by atoms with Crippen molar-refractivity contribution in [1.29, 1.82) is 0 Å². The maximum absolute atomic E-state index is 13.2. The number of halogens is 1. The molecule has 0 bridgehead atoms. The third-order valence-corrected chi connectivity index (χ3v) is 4.95. The van der Waals surface area contributed by atoms with Crippen molar-refractivity contribution in [3.8, 4) is 11.1 Å². The topological polar surface area (TPSA) is 152 Å². The molecule has 3 aromatic carbocycles. The summed E-state index contributed by atoms with van der Waals surface area (Å²) < 4.78 is 13.2. The summed E-state index contributed by atoms with van der Waals surface area (Å²) >= 11 is 0. The van der Waals surface area contributed by atoms with E-state index < -0.39 is 27.8 Å². The Balaban J connectivity index is 1.85. The molecule has 9 nitrogen and oxygen atoms in total. The van der Waals surface area contributed by atoms with Gasteiger partial charge in [-0.2, -0.15) is 0 Å². The number of hydrogen-bond donors (Lipinski definition) is 3. The average Bonchev–Trinajstić information content (AvgIpc) is 2.78. The van der Waals surface area contributed by atoms with Crippen molar-refractivity contribution < 1.29 is 19.2 Å². The van der Waals surface area contributed by atoms with Crippen molar-refractivity contribution in [1.82, 2.24) is 9.97 Å². The van der Waals surface area contributed by atoms with Gasteiger partial charge in [0.2, 0.25) is 0 Å². The number of aromatic carboxylic acids is 1. The van der Waals surface area contributed by atoms with Gasteiger partial charge in [-0.25, -0.2) is 14.2 Å². The first-order valence-electron chi connectivity index (χ1n) is 9.53. The van der Waals surface area contributed by atoms with Crippen LogP contribution in [0, 0.1) is 15.9 Å². The summed E-state index contributed by atoms with van der Waals surface area (Å²) in [5, 5.41) is 20.9. The number of benzene rings is 3. The number of aromatic nitrogens is 2. The SMILES string of the molecule is N/C(=C(\c1cccc(C(=O)O)c1)[N+](=O)[O-])c1nc2ccc(-c3ccc(F)cc3)cc2[nH]c1=O. The number of nitrogens with one attached hydrogen (secondary N) is 1. The van der Waals surface area contributed by atoms with Gasteiger partial charge >= 0.3 is 11.7 Å². The third kappa shape index (κ3) is 4.17.